The Morgan fingerprint density at radius 3 is 2.39 bits per heavy atom. The van der Waals surface area contributed by atoms with Gasteiger partial charge in [0.05, 0.1) is 13.5 Å². The van der Waals surface area contributed by atoms with Gasteiger partial charge >= 0.3 is 5.97 Å². The summed E-state index contributed by atoms with van der Waals surface area (Å²) >= 11 is 0. The number of aryl methyl sites for hydroxylation is 1. The minimum atomic E-state index is -0.403. The van der Waals surface area contributed by atoms with Gasteiger partial charge < -0.3 is 14.8 Å². The van der Waals surface area contributed by atoms with E-state index >= 15 is 0 Å². The van der Waals surface area contributed by atoms with Crippen LogP contribution in [0.25, 0.3) is 0 Å². The van der Waals surface area contributed by atoms with Gasteiger partial charge in [-0.05, 0) is 43.3 Å². The third-order valence-electron chi connectivity index (χ3n) is 3.19. The number of rotatable bonds is 6. The first kappa shape index (κ1) is 16.5. The Kier molecular flexibility index (Phi) is 5.74. The van der Waals surface area contributed by atoms with Crippen LogP contribution < -0.4 is 14.8 Å². The first-order chi connectivity index (χ1) is 11.1. The van der Waals surface area contributed by atoms with Crippen molar-refractivity contribution in [2.75, 3.05) is 13.7 Å². The van der Waals surface area contributed by atoms with Crippen LogP contribution >= 0.6 is 0 Å². The van der Waals surface area contributed by atoms with Gasteiger partial charge in [-0.1, -0.05) is 17.7 Å². The van der Waals surface area contributed by atoms with Crippen LogP contribution in [0.5, 0.6) is 11.5 Å². The molecule has 0 saturated carbocycles. The molecule has 0 bridgehead atoms. The molecule has 0 aliphatic heterocycles. The summed E-state index contributed by atoms with van der Waals surface area (Å²) in [7, 11) is 1.57. The number of ether oxygens (including phenoxy) is 2. The van der Waals surface area contributed by atoms with Crippen LogP contribution in [0.3, 0.4) is 0 Å². The summed E-state index contributed by atoms with van der Waals surface area (Å²) in [5, 5.41) is 2.70. The van der Waals surface area contributed by atoms with Crippen LogP contribution in [0.15, 0.2) is 48.5 Å². The Hall–Kier alpha value is -2.82. The molecule has 5 heteroatoms. The summed E-state index contributed by atoms with van der Waals surface area (Å²) < 4.78 is 10.2. The Morgan fingerprint density at radius 2 is 1.74 bits per heavy atom. The second-order valence-corrected chi connectivity index (χ2v) is 5.02. The van der Waals surface area contributed by atoms with Crippen molar-refractivity contribution in [3.8, 4) is 11.5 Å². The zero-order valence-electron chi connectivity index (χ0n) is 13.2. The second-order valence-electron chi connectivity index (χ2n) is 5.02. The molecule has 0 unspecified atom stereocenters. The van der Waals surface area contributed by atoms with Gasteiger partial charge in [-0.3, -0.25) is 9.59 Å². The van der Waals surface area contributed by atoms with Crippen LogP contribution in [0.2, 0.25) is 0 Å². The number of hydrogen-bond acceptors (Lipinski definition) is 4. The molecule has 0 heterocycles. The van der Waals surface area contributed by atoms with E-state index in [0.717, 1.165) is 5.56 Å². The monoisotopic (exact) mass is 313 g/mol. The molecule has 2 aromatic rings. The van der Waals surface area contributed by atoms with E-state index in [9.17, 15) is 9.59 Å². The summed E-state index contributed by atoms with van der Waals surface area (Å²) in [6, 6.07) is 14.0. The molecule has 0 atom stereocenters. The highest BCUT2D eigenvalue weighted by Crippen LogP contribution is 2.17. The lowest BCUT2D eigenvalue weighted by Crippen LogP contribution is -2.27. The summed E-state index contributed by atoms with van der Waals surface area (Å²) in [4.78, 5) is 23.7. The van der Waals surface area contributed by atoms with E-state index in [4.69, 9.17) is 9.47 Å². The molecule has 120 valence electrons. The number of amides is 1. The van der Waals surface area contributed by atoms with Crippen LogP contribution in [0, 0.1) is 6.92 Å². The molecule has 1 amide bonds. The summed E-state index contributed by atoms with van der Waals surface area (Å²) in [5.41, 5.74) is 1.59. The minimum absolute atomic E-state index is 0.101. The molecule has 5 nitrogen and oxygen atoms in total. The molecule has 0 aromatic heterocycles. The third kappa shape index (κ3) is 5.14. The van der Waals surface area contributed by atoms with Crippen molar-refractivity contribution in [3.63, 3.8) is 0 Å². The zero-order chi connectivity index (χ0) is 16.7. The highest BCUT2D eigenvalue weighted by atomic mass is 16.5. The molecule has 0 fully saturated rings. The van der Waals surface area contributed by atoms with Gasteiger partial charge in [0.25, 0.3) is 5.91 Å². The summed E-state index contributed by atoms with van der Waals surface area (Å²) in [6.45, 7) is 2.14. The van der Waals surface area contributed by atoms with Gasteiger partial charge in [0.2, 0.25) is 0 Å². The van der Waals surface area contributed by atoms with Gasteiger partial charge in [-0.25, -0.2) is 0 Å². The van der Waals surface area contributed by atoms with E-state index < -0.39 is 5.97 Å². The number of carbonyl (C=O) groups excluding carboxylic acids is 2. The molecular formula is C18H19NO4. The molecular weight excluding hydrogens is 294 g/mol. The number of esters is 1. The molecule has 23 heavy (non-hydrogen) atoms. The summed E-state index contributed by atoms with van der Waals surface area (Å²) in [5.74, 6) is 0.529. The first-order valence-corrected chi connectivity index (χ1v) is 7.28. The fraction of sp³-hybridized carbons (Fsp3) is 0.222. The highest BCUT2D eigenvalue weighted by Gasteiger charge is 2.08. The molecule has 1 N–H and O–H groups in total. The maximum Gasteiger partial charge on any atom is 0.312 e. The van der Waals surface area contributed by atoms with Gasteiger partial charge in [-0.2, -0.15) is 0 Å². The Labute approximate surface area is 135 Å². The fourth-order valence-electron chi connectivity index (χ4n) is 1.99. The van der Waals surface area contributed by atoms with E-state index in [0.29, 0.717) is 17.1 Å². The normalized spacial score (nSPS) is 10.0. The topological polar surface area (TPSA) is 64.6 Å². The van der Waals surface area contributed by atoms with E-state index in [1.54, 1.807) is 43.5 Å². The highest BCUT2D eigenvalue weighted by molar-refractivity contribution is 5.94. The second kappa shape index (κ2) is 7.98. The number of benzene rings is 2. The minimum Gasteiger partial charge on any atom is -0.497 e. The van der Waals surface area contributed by atoms with E-state index in [1.165, 1.54) is 0 Å². The molecule has 2 aromatic carbocycles. The SMILES string of the molecule is COc1ccc(OC(=O)CCNC(=O)c2cccc(C)c2)cc1. The van der Waals surface area contributed by atoms with Gasteiger partial charge in [0.15, 0.2) is 0 Å². The van der Waals surface area contributed by atoms with Crippen LogP contribution in [-0.4, -0.2) is 25.5 Å². The van der Waals surface area contributed by atoms with Crippen LogP contribution in [0.1, 0.15) is 22.3 Å². The van der Waals surface area contributed by atoms with E-state index in [-0.39, 0.29) is 18.9 Å². The number of carbonyl (C=O) groups is 2. The standard InChI is InChI=1S/C18H19NO4/c1-13-4-3-5-14(12-13)18(21)19-11-10-17(20)23-16-8-6-15(22-2)7-9-16/h3-9,12H,10-11H2,1-2H3,(H,19,21). The molecule has 2 rings (SSSR count). The third-order valence-corrected chi connectivity index (χ3v) is 3.19. The Balaban J connectivity index is 1.77. The Morgan fingerprint density at radius 1 is 1.04 bits per heavy atom. The number of hydrogen-bond donors (Lipinski definition) is 1. The summed E-state index contributed by atoms with van der Waals surface area (Å²) in [6.07, 6.45) is 0.101. The maximum absolute atomic E-state index is 11.9. The smallest absolute Gasteiger partial charge is 0.312 e. The van der Waals surface area contributed by atoms with E-state index in [2.05, 4.69) is 5.32 Å². The predicted molar refractivity (Wildman–Crippen MR) is 86.8 cm³/mol. The van der Waals surface area contributed by atoms with Crippen molar-refractivity contribution >= 4 is 11.9 Å². The zero-order valence-corrected chi connectivity index (χ0v) is 13.2. The van der Waals surface area contributed by atoms with E-state index in [1.807, 2.05) is 19.1 Å². The predicted octanol–water partition coefficient (Wildman–Crippen LogP) is 2.73. The fourth-order valence-corrected chi connectivity index (χ4v) is 1.99. The quantitative estimate of drug-likeness (QED) is 0.658. The lowest BCUT2D eigenvalue weighted by molar-refractivity contribution is -0.134. The van der Waals surface area contributed by atoms with Gasteiger partial charge in [0, 0.05) is 12.1 Å². The number of nitrogens with one attached hydrogen (secondary N) is 1. The van der Waals surface area contributed by atoms with Crippen molar-refractivity contribution in [1.82, 2.24) is 5.32 Å². The Bertz CT molecular complexity index is 680. The lowest BCUT2D eigenvalue weighted by atomic mass is 10.1. The first-order valence-electron chi connectivity index (χ1n) is 7.28. The average Bonchev–Trinajstić information content (AvgIpc) is 2.55. The van der Waals surface area contributed by atoms with Crippen molar-refractivity contribution in [2.24, 2.45) is 0 Å². The average molecular weight is 313 g/mol. The molecule has 0 saturated heterocycles. The molecule has 0 radical (unpaired) electrons. The number of methoxy groups -OCH3 is 1. The van der Waals surface area contributed by atoms with Crippen molar-refractivity contribution in [1.29, 1.82) is 0 Å². The molecule has 0 aliphatic carbocycles. The maximum atomic E-state index is 11.9. The van der Waals surface area contributed by atoms with Crippen molar-refractivity contribution < 1.29 is 19.1 Å². The molecule has 0 aliphatic rings. The van der Waals surface area contributed by atoms with Gasteiger partial charge in [-0.15, -0.1) is 0 Å². The lowest BCUT2D eigenvalue weighted by Gasteiger charge is -2.07. The van der Waals surface area contributed by atoms with Gasteiger partial charge in [0.1, 0.15) is 11.5 Å². The largest absolute Gasteiger partial charge is 0.497 e. The van der Waals surface area contributed by atoms with Crippen LogP contribution in [-0.2, 0) is 4.79 Å². The van der Waals surface area contributed by atoms with Crippen LogP contribution in [0.4, 0.5) is 0 Å². The molecule has 0 spiro atoms. The van der Waals surface area contributed by atoms with Crippen molar-refractivity contribution in [3.05, 3.63) is 59.7 Å². The van der Waals surface area contributed by atoms with Crippen molar-refractivity contribution in [2.45, 2.75) is 13.3 Å².